The molecule has 0 aliphatic heterocycles. The summed E-state index contributed by atoms with van der Waals surface area (Å²) < 4.78 is 6.99. The van der Waals surface area contributed by atoms with Crippen LogP contribution in [0.4, 0.5) is 0 Å². The highest BCUT2D eigenvalue weighted by Crippen LogP contribution is 2.26. The third-order valence-corrected chi connectivity index (χ3v) is 5.46. The number of nitrogens with zero attached hydrogens (tertiary/aromatic N) is 4. The van der Waals surface area contributed by atoms with Crippen LogP contribution in [0.1, 0.15) is 39.0 Å². The normalized spacial score (nSPS) is 10.8. The highest BCUT2D eigenvalue weighted by Gasteiger charge is 2.23. The maximum atomic E-state index is 12.8. The number of aryl methyl sites for hydroxylation is 1. The van der Waals surface area contributed by atoms with Crippen molar-refractivity contribution in [2.45, 2.75) is 32.5 Å². The summed E-state index contributed by atoms with van der Waals surface area (Å²) in [6.07, 6.45) is 5.14. The van der Waals surface area contributed by atoms with Crippen molar-refractivity contribution in [2.24, 2.45) is 0 Å². The zero-order valence-electron chi connectivity index (χ0n) is 17.1. The number of thioether (sulfide) groups is 1. The highest BCUT2D eigenvalue weighted by atomic mass is 32.2. The third kappa shape index (κ3) is 4.35. The second kappa shape index (κ2) is 9.53. The van der Waals surface area contributed by atoms with Crippen LogP contribution in [0.25, 0.3) is 11.4 Å². The van der Waals surface area contributed by atoms with Gasteiger partial charge in [0, 0.05) is 30.2 Å². The summed E-state index contributed by atoms with van der Waals surface area (Å²) in [6, 6.07) is 3.70. The van der Waals surface area contributed by atoms with E-state index in [0.717, 1.165) is 5.56 Å². The van der Waals surface area contributed by atoms with E-state index < -0.39 is 5.97 Å². The number of Topliss-reactive ketones (excluding diaryl/α,β-unsaturated/α-hetero) is 1. The van der Waals surface area contributed by atoms with Crippen molar-refractivity contribution < 1.29 is 14.3 Å². The van der Waals surface area contributed by atoms with Gasteiger partial charge in [0.05, 0.1) is 23.6 Å². The third-order valence-electron chi connectivity index (χ3n) is 4.50. The number of H-pyrrole nitrogens is 1. The number of nitrogens with one attached hydrogen (secondary N) is 1. The van der Waals surface area contributed by atoms with Gasteiger partial charge < -0.3 is 9.72 Å². The van der Waals surface area contributed by atoms with Crippen LogP contribution in [0.2, 0.25) is 0 Å². The van der Waals surface area contributed by atoms with Gasteiger partial charge in [-0.3, -0.25) is 14.3 Å². The molecule has 3 heterocycles. The molecule has 0 aliphatic rings. The van der Waals surface area contributed by atoms with Crippen LogP contribution in [0.15, 0.2) is 42.3 Å². The van der Waals surface area contributed by atoms with Crippen molar-refractivity contribution in [3.05, 3.63) is 59.7 Å². The maximum absolute atomic E-state index is 12.8. The summed E-state index contributed by atoms with van der Waals surface area (Å²) in [7, 11) is 0. The number of carbonyl (C=O) groups is 2. The van der Waals surface area contributed by atoms with E-state index in [4.69, 9.17) is 4.74 Å². The smallest absolute Gasteiger partial charge is 0.340 e. The van der Waals surface area contributed by atoms with Crippen LogP contribution in [-0.2, 0) is 11.3 Å². The lowest BCUT2D eigenvalue weighted by molar-refractivity contribution is 0.0525. The molecule has 0 amide bonds. The summed E-state index contributed by atoms with van der Waals surface area (Å²) in [5.74, 6) is 0.274. The van der Waals surface area contributed by atoms with E-state index >= 15 is 0 Å². The number of rotatable bonds is 9. The van der Waals surface area contributed by atoms with Crippen LogP contribution in [0.5, 0.6) is 0 Å². The van der Waals surface area contributed by atoms with Crippen molar-refractivity contribution >= 4 is 23.5 Å². The molecule has 0 unspecified atom stereocenters. The standard InChI is InChI=1S/C21H23N5O3S/c1-5-11-26-19(15-7-9-22-10-8-15)24-25-21(26)30-12-16(27)18-13(3)17(14(4)23-18)20(28)29-6-2/h5,7-10,23H,1,6,11-12H2,2-4H3. The first-order chi connectivity index (χ1) is 14.5. The molecule has 3 aromatic rings. The number of carbonyl (C=O) groups excluding carboxylic acids is 2. The Morgan fingerprint density at radius 2 is 2.00 bits per heavy atom. The van der Waals surface area contributed by atoms with Crippen molar-refractivity contribution in [3.63, 3.8) is 0 Å². The van der Waals surface area contributed by atoms with Gasteiger partial charge in [0.2, 0.25) is 0 Å². The number of hydrogen-bond acceptors (Lipinski definition) is 7. The van der Waals surface area contributed by atoms with E-state index in [0.29, 0.717) is 40.0 Å². The van der Waals surface area contributed by atoms with Crippen molar-refractivity contribution in [3.8, 4) is 11.4 Å². The fraction of sp³-hybridized carbons (Fsp3) is 0.286. The van der Waals surface area contributed by atoms with Gasteiger partial charge in [-0.25, -0.2) is 4.79 Å². The number of pyridine rings is 1. The Hall–Kier alpha value is -3.20. The molecule has 1 N–H and O–H groups in total. The number of hydrogen-bond donors (Lipinski definition) is 1. The van der Waals surface area contributed by atoms with Crippen LogP contribution < -0.4 is 0 Å². The number of ether oxygens (including phenoxy) is 1. The molecule has 0 atom stereocenters. The number of aromatic nitrogens is 5. The highest BCUT2D eigenvalue weighted by molar-refractivity contribution is 7.99. The molecule has 0 radical (unpaired) electrons. The summed E-state index contributed by atoms with van der Waals surface area (Å²) in [5, 5.41) is 9.13. The minimum absolute atomic E-state index is 0.130. The number of ketones is 1. The van der Waals surface area contributed by atoms with E-state index in [-0.39, 0.29) is 18.1 Å². The molecule has 30 heavy (non-hydrogen) atoms. The molecule has 8 nitrogen and oxygen atoms in total. The number of esters is 1. The minimum atomic E-state index is -0.428. The van der Waals surface area contributed by atoms with Gasteiger partial charge in [-0.05, 0) is 38.5 Å². The van der Waals surface area contributed by atoms with Crippen molar-refractivity contribution in [1.29, 1.82) is 0 Å². The van der Waals surface area contributed by atoms with Crippen LogP contribution >= 0.6 is 11.8 Å². The lowest BCUT2D eigenvalue weighted by Gasteiger charge is -2.07. The Morgan fingerprint density at radius 3 is 2.67 bits per heavy atom. The fourth-order valence-electron chi connectivity index (χ4n) is 3.14. The molecule has 0 saturated carbocycles. The predicted octanol–water partition coefficient (Wildman–Crippen LogP) is 3.62. The molecule has 9 heteroatoms. The fourth-order valence-corrected chi connectivity index (χ4v) is 3.96. The Balaban J connectivity index is 1.80. The monoisotopic (exact) mass is 425 g/mol. The first kappa shape index (κ1) is 21.5. The number of allylic oxidation sites excluding steroid dienone is 1. The SMILES string of the molecule is C=CCn1c(SCC(=O)c2[nH]c(C)c(C(=O)OCC)c2C)nnc1-c1ccncc1. The molecule has 0 aliphatic carbocycles. The average molecular weight is 426 g/mol. The maximum Gasteiger partial charge on any atom is 0.340 e. The quantitative estimate of drug-likeness (QED) is 0.242. The molecular weight excluding hydrogens is 402 g/mol. The summed E-state index contributed by atoms with van der Waals surface area (Å²) in [5.41, 5.74) is 2.93. The van der Waals surface area contributed by atoms with Crippen molar-refractivity contribution in [2.75, 3.05) is 12.4 Å². The van der Waals surface area contributed by atoms with E-state index in [1.807, 2.05) is 16.7 Å². The summed E-state index contributed by atoms with van der Waals surface area (Å²) in [4.78, 5) is 32.1. The molecule has 0 fully saturated rings. The zero-order valence-corrected chi connectivity index (χ0v) is 18.0. The van der Waals surface area contributed by atoms with Gasteiger partial charge in [-0.2, -0.15) is 0 Å². The lowest BCUT2D eigenvalue weighted by Crippen LogP contribution is -2.09. The molecule has 3 aromatic heterocycles. The van der Waals surface area contributed by atoms with Crippen LogP contribution in [-0.4, -0.2) is 48.8 Å². The van der Waals surface area contributed by atoms with Crippen molar-refractivity contribution in [1.82, 2.24) is 24.7 Å². The molecular formula is C21H23N5O3S. The zero-order chi connectivity index (χ0) is 21.7. The Bertz CT molecular complexity index is 1070. The van der Waals surface area contributed by atoms with Gasteiger partial charge in [0.1, 0.15) is 0 Å². The van der Waals surface area contributed by atoms with Crippen LogP contribution in [0, 0.1) is 13.8 Å². The van der Waals surface area contributed by atoms with Gasteiger partial charge in [-0.1, -0.05) is 17.8 Å². The Morgan fingerprint density at radius 1 is 1.27 bits per heavy atom. The van der Waals surface area contributed by atoms with Crippen LogP contribution in [0.3, 0.4) is 0 Å². The Labute approximate surface area is 178 Å². The van der Waals surface area contributed by atoms with E-state index in [2.05, 4.69) is 26.7 Å². The molecule has 0 bridgehead atoms. The van der Waals surface area contributed by atoms with E-state index in [9.17, 15) is 9.59 Å². The van der Waals surface area contributed by atoms with E-state index in [1.54, 1.807) is 39.2 Å². The van der Waals surface area contributed by atoms with Gasteiger partial charge in [0.25, 0.3) is 0 Å². The first-order valence-electron chi connectivity index (χ1n) is 9.44. The molecule has 0 saturated heterocycles. The van der Waals surface area contributed by atoms with E-state index in [1.165, 1.54) is 11.8 Å². The molecule has 156 valence electrons. The lowest BCUT2D eigenvalue weighted by atomic mass is 10.1. The molecule has 0 aromatic carbocycles. The topological polar surface area (TPSA) is 103 Å². The summed E-state index contributed by atoms with van der Waals surface area (Å²) in [6.45, 7) is 9.83. The minimum Gasteiger partial charge on any atom is -0.462 e. The first-order valence-corrected chi connectivity index (χ1v) is 10.4. The van der Waals surface area contributed by atoms with Gasteiger partial charge in [-0.15, -0.1) is 16.8 Å². The molecule has 3 rings (SSSR count). The average Bonchev–Trinajstić information content (AvgIpc) is 3.27. The van der Waals surface area contributed by atoms with Gasteiger partial charge in [0.15, 0.2) is 16.8 Å². The second-order valence-electron chi connectivity index (χ2n) is 6.50. The predicted molar refractivity (Wildman–Crippen MR) is 115 cm³/mol. The van der Waals surface area contributed by atoms with Gasteiger partial charge >= 0.3 is 5.97 Å². The summed E-state index contributed by atoms with van der Waals surface area (Å²) >= 11 is 1.29. The Kier molecular flexibility index (Phi) is 6.83. The largest absolute Gasteiger partial charge is 0.462 e. The second-order valence-corrected chi connectivity index (χ2v) is 7.44. The number of aromatic amines is 1. The molecule has 0 spiro atoms.